The van der Waals surface area contributed by atoms with Gasteiger partial charge in [-0.3, -0.25) is 0 Å². The minimum absolute atomic E-state index is 0.709. The SMILES string of the molecule is CCC1CC(CC)C1CC1(C(C)C)CC1C(C)CC(C)C. The highest BCUT2D eigenvalue weighted by Gasteiger charge is 2.59. The first kappa shape index (κ1) is 17.4. The van der Waals surface area contributed by atoms with E-state index >= 15 is 0 Å². The second kappa shape index (κ2) is 6.63. The maximum Gasteiger partial charge on any atom is -0.0238 e. The van der Waals surface area contributed by atoms with E-state index < -0.39 is 0 Å². The van der Waals surface area contributed by atoms with E-state index in [0.717, 1.165) is 41.4 Å². The molecule has 2 rings (SSSR count). The lowest BCUT2D eigenvalue weighted by Crippen LogP contribution is -2.39. The minimum atomic E-state index is 0.709. The van der Waals surface area contributed by atoms with Gasteiger partial charge < -0.3 is 0 Å². The molecule has 0 saturated heterocycles. The molecule has 0 aliphatic heterocycles. The maximum absolute atomic E-state index is 2.53. The lowest BCUT2D eigenvalue weighted by Gasteiger charge is -2.47. The molecule has 2 fully saturated rings. The molecule has 0 heterocycles. The summed E-state index contributed by atoms with van der Waals surface area (Å²) in [5, 5.41) is 0. The molecule has 5 unspecified atom stereocenters. The Balaban J connectivity index is 2.01. The van der Waals surface area contributed by atoms with Crippen molar-refractivity contribution in [2.45, 2.75) is 87.0 Å². The van der Waals surface area contributed by atoms with Gasteiger partial charge in [-0.25, -0.2) is 0 Å². The quantitative estimate of drug-likeness (QED) is 0.462. The van der Waals surface area contributed by atoms with Crippen molar-refractivity contribution in [1.82, 2.24) is 0 Å². The molecule has 2 saturated carbocycles. The van der Waals surface area contributed by atoms with Crippen molar-refractivity contribution in [3.8, 4) is 0 Å². The Bertz CT molecular complexity index is 319. The van der Waals surface area contributed by atoms with E-state index in [9.17, 15) is 0 Å². The van der Waals surface area contributed by atoms with Crippen LogP contribution < -0.4 is 0 Å². The zero-order valence-corrected chi connectivity index (χ0v) is 15.8. The van der Waals surface area contributed by atoms with E-state index in [0.29, 0.717) is 5.41 Å². The summed E-state index contributed by atoms with van der Waals surface area (Å²) in [7, 11) is 0. The van der Waals surface area contributed by atoms with Gasteiger partial charge in [0.25, 0.3) is 0 Å². The van der Waals surface area contributed by atoms with Gasteiger partial charge in [-0.05, 0) is 72.5 Å². The van der Waals surface area contributed by atoms with Gasteiger partial charge in [0.2, 0.25) is 0 Å². The van der Waals surface area contributed by atoms with E-state index in [4.69, 9.17) is 0 Å². The fourth-order valence-electron chi connectivity index (χ4n) is 5.80. The molecule has 124 valence electrons. The maximum atomic E-state index is 2.53. The summed E-state index contributed by atoms with van der Waals surface area (Å²) >= 11 is 0. The van der Waals surface area contributed by atoms with Gasteiger partial charge in [-0.15, -0.1) is 0 Å². The van der Waals surface area contributed by atoms with Gasteiger partial charge in [-0.2, -0.15) is 0 Å². The van der Waals surface area contributed by atoms with Gasteiger partial charge >= 0.3 is 0 Å². The monoisotopic (exact) mass is 292 g/mol. The largest absolute Gasteiger partial charge is 0.0651 e. The van der Waals surface area contributed by atoms with Crippen LogP contribution >= 0.6 is 0 Å². The van der Waals surface area contributed by atoms with Crippen LogP contribution in [0.15, 0.2) is 0 Å². The molecular formula is C21H40. The summed E-state index contributed by atoms with van der Waals surface area (Å²) in [6.07, 6.45) is 8.87. The van der Waals surface area contributed by atoms with E-state index in [2.05, 4.69) is 48.5 Å². The normalized spacial score (nSPS) is 40.4. The lowest BCUT2D eigenvalue weighted by molar-refractivity contribution is 0.0235. The van der Waals surface area contributed by atoms with Gasteiger partial charge in [0.05, 0.1) is 0 Å². The molecule has 0 nitrogen and oxygen atoms in total. The molecule has 5 atom stereocenters. The summed E-state index contributed by atoms with van der Waals surface area (Å²) in [4.78, 5) is 0. The van der Waals surface area contributed by atoms with E-state index in [1.165, 1.54) is 32.1 Å². The molecule has 0 heteroatoms. The zero-order valence-electron chi connectivity index (χ0n) is 15.8. The smallest absolute Gasteiger partial charge is 0.0238 e. The molecule has 2 aliphatic rings. The molecule has 0 spiro atoms. The molecular weight excluding hydrogens is 252 g/mol. The van der Waals surface area contributed by atoms with Crippen LogP contribution in [0.2, 0.25) is 0 Å². The zero-order chi connectivity index (χ0) is 15.8. The van der Waals surface area contributed by atoms with Crippen molar-refractivity contribution in [3.05, 3.63) is 0 Å². The van der Waals surface area contributed by atoms with Crippen LogP contribution in [0.5, 0.6) is 0 Å². The van der Waals surface area contributed by atoms with Crippen molar-refractivity contribution in [1.29, 1.82) is 0 Å². The van der Waals surface area contributed by atoms with Crippen molar-refractivity contribution < 1.29 is 0 Å². The van der Waals surface area contributed by atoms with E-state index in [-0.39, 0.29) is 0 Å². The Morgan fingerprint density at radius 3 is 1.95 bits per heavy atom. The van der Waals surface area contributed by atoms with Crippen LogP contribution in [0.25, 0.3) is 0 Å². The predicted molar refractivity (Wildman–Crippen MR) is 94.3 cm³/mol. The molecule has 2 aliphatic carbocycles. The minimum Gasteiger partial charge on any atom is -0.0651 e. The lowest BCUT2D eigenvalue weighted by atomic mass is 9.58. The summed E-state index contributed by atoms with van der Waals surface area (Å²) in [5.74, 6) is 6.86. The number of hydrogen-bond donors (Lipinski definition) is 0. The second-order valence-electron chi connectivity index (χ2n) is 9.25. The van der Waals surface area contributed by atoms with Crippen molar-refractivity contribution in [3.63, 3.8) is 0 Å². The van der Waals surface area contributed by atoms with Gasteiger partial charge in [0.15, 0.2) is 0 Å². The third kappa shape index (κ3) is 3.35. The first-order valence-corrected chi connectivity index (χ1v) is 9.85. The Labute approximate surface area is 134 Å². The van der Waals surface area contributed by atoms with E-state index in [1.807, 2.05) is 0 Å². The van der Waals surface area contributed by atoms with Crippen LogP contribution in [-0.4, -0.2) is 0 Å². The fraction of sp³-hybridized carbons (Fsp3) is 1.00. The molecule has 0 radical (unpaired) electrons. The van der Waals surface area contributed by atoms with Gasteiger partial charge in [0.1, 0.15) is 0 Å². The average Bonchev–Trinajstić information content (AvgIpc) is 3.11. The van der Waals surface area contributed by atoms with Crippen molar-refractivity contribution in [2.24, 2.45) is 46.8 Å². The number of hydrogen-bond acceptors (Lipinski definition) is 0. The Kier molecular flexibility index (Phi) is 5.48. The predicted octanol–water partition coefficient (Wildman–Crippen LogP) is 6.79. The van der Waals surface area contributed by atoms with Crippen LogP contribution in [0.3, 0.4) is 0 Å². The molecule has 0 N–H and O–H groups in total. The topological polar surface area (TPSA) is 0 Å². The molecule has 0 amide bonds. The summed E-state index contributed by atoms with van der Waals surface area (Å²) in [6.45, 7) is 17.1. The molecule has 0 bridgehead atoms. The van der Waals surface area contributed by atoms with Crippen LogP contribution in [0.4, 0.5) is 0 Å². The van der Waals surface area contributed by atoms with Crippen molar-refractivity contribution in [2.75, 3.05) is 0 Å². The third-order valence-corrected chi connectivity index (χ3v) is 7.34. The van der Waals surface area contributed by atoms with Gasteiger partial charge in [-0.1, -0.05) is 61.3 Å². The highest BCUT2D eigenvalue weighted by molar-refractivity contribution is 5.08. The average molecular weight is 293 g/mol. The molecule has 0 aromatic carbocycles. The standard InChI is InChI=1S/C21H40/c1-8-17-11-18(9-2)19(17)12-21(15(5)6)13-20(21)16(7)10-14(3)4/h14-20H,8-13H2,1-7H3. The summed E-state index contributed by atoms with van der Waals surface area (Å²) in [6, 6.07) is 0. The first-order chi connectivity index (χ1) is 9.85. The third-order valence-electron chi connectivity index (χ3n) is 7.34. The molecule has 21 heavy (non-hydrogen) atoms. The summed E-state index contributed by atoms with van der Waals surface area (Å²) in [5.41, 5.74) is 0.709. The Hall–Kier alpha value is 0. The van der Waals surface area contributed by atoms with Gasteiger partial charge in [0, 0.05) is 0 Å². The first-order valence-electron chi connectivity index (χ1n) is 9.85. The second-order valence-corrected chi connectivity index (χ2v) is 9.25. The number of rotatable bonds is 8. The summed E-state index contributed by atoms with van der Waals surface area (Å²) < 4.78 is 0. The van der Waals surface area contributed by atoms with Crippen molar-refractivity contribution >= 4 is 0 Å². The van der Waals surface area contributed by atoms with Crippen LogP contribution in [0, 0.1) is 46.8 Å². The molecule has 0 aromatic rings. The Morgan fingerprint density at radius 1 is 0.952 bits per heavy atom. The molecule has 0 aromatic heterocycles. The highest BCUT2D eigenvalue weighted by Crippen LogP contribution is 2.67. The highest BCUT2D eigenvalue weighted by atomic mass is 14.6. The Morgan fingerprint density at radius 2 is 1.52 bits per heavy atom. The van der Waals surface area contributed by atoms with Crippen LogP contribution in [0.1, 0.15) is 87.0 Å². The fourth-order valence-corrected chi connectivity index (χ4v) is 5.80. The van der Waals surface area contributed by atoms with Crippen LogP contribution in [-0.2, 0) is 0 Å². The van der Waals surface area contributed by atoms with E-state index in [1.54, 1.807) is 6.42 Å².